The average molecular weight is 249 g/mol. The Labute approximate surface area is 94.5 Å². The number of nitrogens with two attached hydrogens (primary N) is 1. The molecule has 4 N–H and O–H groups in total. The fraction of sp³-hybridized carbons (Fsp3) is 0.300. The van der Waals surface area contributed by atoms with E-state index in [1.165, 1.54) is 0 Å². The Bertz CT molecular complexity index is 437. The summed E-state index contributed by atoms with van der Waals surface area (Å²) in [6.45, 7) is 0. The topological polar surface area (TPSA) is 83.5 Å². The zero-order chi connectivity index (χ0) is 13.2. The highest BCUT2D eigenvalue weighted by Gasteiger charge is 2.23. The first-order valence-electron chi connectivity index (χ1n) is 4.61. The molecule has 0 radical (unpaired) electrons. The SMILES string of the molecule is N[C@@H](Cc1ccc(O)c(F)c1C(F)F)C(=O)O. The van der Waals surface area contributed by atoms with Gasteiger partial charge in [0.2, 0.25) is 0 Å². The van der Waals surface area contributed by atoms with Crippen molar-refractivity contribution in [2.24, 2.45) is 5.73 Å². The smallest absolute Gasteiger partial charge is 0.320 e. The summed E-state index contributed by atoms with van der Waals surface area (Å²) in [5.41, 5.74) is 3.93. The largest absolute Gasteiger partial charge is 0.505 e. The van der Waals surface area contributed by atoms with Crippen LogP contribution in [-0.2, 0) is 11.2 Å². The fourth-order valence-electron chi connectivity index (χ4n) is 1.36. The van der Waals surface area contributed by atoms with Crippen LogP contribution in [0.15, 0.2) is 12.1 Å². The number of halogens is 3. The summed E-state index contributed by atoms with van der Waals surface area (Å²) in [6, 6.07) is 0.504. The van der Waals surface area contributed by atoms with Crippen LogP contribution in [0.25, 0.3) is 0 Å². The van der Waals surface area contributed by atoms with Crippen molar-refractivity contribution in [1.29, 1.82) is 0 Å². The lowest BCUT2D eigenvalue weighted by molar-refractivity contribution is -0.138. The highest BCUT2D eigenvalue weighted by Crippen LogP contribution is 2.31. The van der Waals surface area contributed by atoms with Crippen molar-refractivity contribution in [1.82, 2.24) is 0 Å². The van der Waals surface area contributed by atoms with Crippen LogP contribution in [0, 0.1) is 5.82 Å². The number of aliphatic carboxylic acids is 1. The molecule has 4 nitrogen and oxygen atoms in total. The second-order valence-corrected chi connectivity index (χ2v) is 3.42. The van der Waals surface area contributed by atoms with Gasteiger partial charge >= 0.3 is 5.97 Å². The van der Waals surface area contributed by atoms with Crippen molar-refractivity contribution in [3.05, 3.63) is 29.1 Å². The van der Waals surface area contributed by atoms with Gasteiger partial charge in [0, 0.05) is 0 Å². The van der Waals surface area contributed by atoms with Crippen molar-refractivity contribution in [3.63, 3.8) is 0 Å². The van der Waals surface area contributed by atoms with Crippen molar-refractivity contribution < 1.29 is 28.2 Å². The molecule has 1 aromatic rings. The minimum absolute atomic E-state index is 0.231. The predicted octanol–water partition coefficient (Wildman–Crippen LogP) is 1.42. The van der Waals surface area contributed by atoms with E-state index in [4.69, 9.17) is 15.9 Å². The van der Waals surface area contributed by atoms with Crippen LogP contribution < -0.4 is 5.73 Å². The number of phenolic OH excluding ortho intramolecular Hbond substituents is 1. The molecule has 0 spiro atoms. The third-order valence-corrected chi connectivity index (χ3v) is 2.22. The summed E-state index contributed by atoms with van der Waals surface area (Å²) < 4.78 is 38.4. The Balaban J connectivity index is 3.16. The van der Waals surface area contributed by atoms with E-state index in [0.29, 0.717) is 0 Å². The quantitative estimate of drug-likeness (QED) is 0.753. The molecule has 0 unspecified atom stereocenters. The minimum atomic E-state index is -3.15. The molecule has 0 saturated carbocycles. The van der Waals surface area contributed by atoms with Gasteiger partial charge < -0.3 is 15.9 Å². The molecule has 0 aliphatic carbocycles. The lowest BCUT2D eigenvalue weighted by atomic mass is 10.00. The average Bonchev–Trinajstić information content (AvgIpc) is 2.22. The van der Waals surface area contributed by atoms with E-state index in [1.54, 1.807) is 0 Å². The minimum Gasteiger partial charge on any atom is -0.505 e. The van der Waals surface area contributed by atoms with Crippen molar-refractivity contribution in [2.75, 3.05) is 0 Å². The van der Waals surface area contributed by atoms with Crippen LogP contribution in [0.5, 0.6) is 5.75 Å². The van der Waals surface area contributed by atoms with Crippen LogP contribution in [0.1, 0.15) is 17.6 Å². The molecule has 0 heterocycles. The summed E-state index contributed by atoms with van der Waals surface area (Å²) in [4.78, 5) is 10.5. The van der Waals surface area contributed by atoms with Gasteiger partial charge in [-0.25, -0.2) is 13.2 Å². The Morgan fingerprint density at radius 1 is 1.41 bits per heavy atom. The van der Waals surface area contributed by atoms with Crippen LogP contribution in [-0.4, -0.2) is 22.2 Å². The Hall–Kier alpha value is -1.76. The standard InChI is InChI=1S/C10H10F3NO3/c11-8-6(15)2-1-4(7(8)9(12)13)3-5(14)10(16)17/h1-2,5,9,15H,3,14H2,(H,16,17)/t5-/m0/s1. The third-order valence-electron chi connectivity index (χ3n) is 2.22. The first kappa shape index (κ1) is 13.3. The monoisotopic (exact) mass is 249 g/mol. The van der Waals surface area contributed by atoms with Gasteiger partial charge in [-0.15, -0.1) is 0 Å². The van der Waals surface area contributed by atoms with Crippen molar-refractivity contribution in [2.45, 2.75) is 18.9 Å². The van der Waals surface area contributed by atoms with Crippen LogP contribution >= 0.6 is 0 Å². The summed E-state index contributed by atoms with van der Waals surface area (Å²) in [7, 11) is 0. The zero-order valence-electron chi connectivity index (χ0n) is 8.53. The Morgan fingerprint density at radius 3 is 2.47 bits per heavy atom. The molecule has 0 aliphatic heterocycles. The van der Waals surface area contributed by atoms with Gasteiger partial charge in [-0.2, -0.15) is 0 Å². The first-order chi connectivity index (χ1) is 7.84. The number of carboxylic acid groups (broad SMARTS) is 1. The zero-order valence-corrected chi connectivity index (χ0v) is 8.53. The number of rotatable bonds is 4. The maximum Gasteiger partial charge on any atom is 0.320 e. The molecule has 0 aliphatic rings. The maximum atomic E-state index is 13.2. The van der Waals surface area contributed by atoms with Crippen LogP contribution in [0.3, 0.4) is 0 Å². The van der Waals surface area contributed by atoms with E-state index in [2.05, 4.69) is 0 Å². The molecule has 94 valence electrons. The van der Waals surface area contributed by atoms with E-state index in [1.807, 2.05) is 0 Å². The fourth-order valence-corrected chi connectivity index (χ4v) is 1.36. The van der Waals surface area contributed by atoms with Gasteiger partial charge in [0.1, 0.15) is 6.04 Å². The molecule has 0 bridgehead atoms. The number of carbonyl (C=O) groups is 1. The molecular weight excluding hydrogens is 239 g/mol. The van der Waals surface area contributed by atoms with Crippen molar-refractivity contribution in [3.8, 4) is 5.75 Å². The number of carboxylic acids is 1. The molecule has 1 aromatic carbocycles. The molecule has 7 heteroatoms. The normalized spacial score (nSPS) is 12.8. The maximum absolute atomic E-state index is 13.2. The van der Waals surface area contributed by atoms with Crippen LogP contribution in [0.4, 0.5) is 13.2 Å². The van der Waals surface area contributed by atoms with E-state index in [0.717, 1.165) is 12.1 Å². The van der Waals surface area contributed by atoms with Gasteiger partial charge in [-0.1, -0.05) is 6.07 Å². The number of phenols is 1. The molecule has 0 saturated heterocycles. The number of hydrogen-bond acceptors (Lipinski definition) is 3. The van der Waals surface area contributed by atoms with Gasteiger partial charge in [-0.3, -0.25) is 4.79 Å². The number of benzene rings is 1. The Kier molecular flexibility index (Phi) is 3.95. The van der Waals surface area contributed by atoms with Gasteiger partial charge in [-0.05, 0) is 18.1 Å². The second kappa shape index (κ2) is 5.05. The predicted molar refractivity (Wildman–Crippen MR) is 52.3 cm³/mol. The first-order valence-corrected chi connectivity index (χ1v) is 4.61. The third kappa shape index (κ3) is 2.88. The van der Waals surface area contributed by atoms with Gasteiger partial charge in [0.15, 0.2) is 11.6 Å². The summed E-state index contributed by atoms with van der Waals surface area (Å²) in [5.74, 6) is -3.73. The lowest BCUT2D eigenvalue weighted by Crippen LogP contribution is -2.32. The second-order valence-electron chi connectivity index (χ2n) is 3.42. The highest BCUT2D eigenvalue weighted by molar-refractivity contribution is 5.73. The number of alkyl halides is 2. The van der Waals surface area contributed by atoms with Crippen LogP contribution in [0.2, 0.25) is 0 Å². The molecule has 0 fully saturated rings. The number of hydrogen-bond donors (Lipinski definition) is 3. The van der Waals surface area contributed by atoms with E-state index in [-0.39, 0.29) is 5.56 Å². The molecule has 17 heavy (non-hydrogen) atoms. The number of aromatic hydroxyl groups is 1. The van der Waals surface area contributed by atoms with Crippen molar-refractivity contribution >= 4 is 5.97 Å². The Morgan fingerprint density at radius 2 is 2.00 bits per heavy atom. The molecule has 0 aromatic heterocycles. The molecular formula is C10H10F3NO3. The summed E-state index contributed by atoms with van der Waals surface area (Å²) in [5, 5.41) is 17.5. The van der Waals surface area contributed by atoms with E-state index in [9.17, 15) is 18.0 Å². The highest BCUT2D eigenvalue weighted by atomic mass is 19.3. The summed E-state index contributed by atoms with van der Waals surface area (Å²) in [6.07, 6.45) is -3.59. The van der Waals surface area contributed by atoms with E-state index >= 15 is 0 Å². The molecule has 0 amide bonds. The molecule has 1 rings (SSSR count). The lowest BCUT2D eigenvalue weighted by Gasteiger charge is -2.13. The van der Waals surface area contributed by atoms with Gasteiger partial charge in [0.25, 0.3) is 6.43 Å². The van der Waals surface area contributed by atoms with E-state index < -0.39 is 42.0 Å². The molecule has 1 atom stereocenters. The summed E-state index contributed by atoms with van der Waals surface area (Å²) >= 11 is 0. The van der Waals surface area contributed by atoms with Gasteiger partial charge in [0.05, 0.1) is 5.56 Å².